The van der Waals surface area contributed by atoms with Crippen LogP contribution in [0, 0.1) is 0 Å². The number of rotatable bonds is 5. The summed E-state index contributed by atoms with van der Waals surface area (Å²) in [7, 11) is 0. The number of aliphatic hydroxyl groups excluding tert-OH is 1. The molecule has 0 radical (unpaired) electrons. The molecule has 0 atom stereocenters. The van der Waals surface area contributed by atoms with Gasteiger partial charge in [0, 0.05) is 12.6 Å². The summed E-state index contributed by atoms with van der Waals surface area (Å²) < 4.78 is 0. The molecular weight excluding hydrogens is 126 g/mol. The largest absolute Gasteiger partial charge is 0.396 e. The van der Waals surface area contributed by atoms with E-state index in [0.717, 1.165) is 19.3 Å². The Morgan fingerprint density at radius 3 is 2.60 bits per heavy atom. The van der Waals surface area contributed by atoms with Gasteiger partial charge in [-0.1, -0.05) is 0 Å². The van der Waals surface area contributed by atoms with Crippen LogP contribution in [0.15, 0.2) is 4.99 Å². The summed E-state index contributed by atoms with van der Waals surface area (Å²) >= 11 is 0. The maximum absolute atomic E-state index is 8.43. The molecule has 0 unspecified atom stereocenters. The highest BCUT2D eigenvalue weighted by Crippen LogP contribution is 1.92. The van der Waals surface area contributed by atoms with Crippen LogP contribution < -0.4 is 0 Å². The summed E-state index contributed by atoms with van der Waals surface area (Å²) in [4.78, 5) is 4.19. The predicted molar refractivity (Wildman–Crippen MR) is 44.6 cm³/mol. The number of unbranched alkanes of at least 4 members (excludes halogenated alkanes) is 2. The van der Waals surface area contributed by atoms with Crippen LogP contribution in [0.25, 0.3) is 0 Å². The van der Waals surface area contributed by atoms with E-state index < -0.39 is 0 Å². The van der Waals surface area contributed by atoms with E-state index >= 15 is 0 Å². The quantitative estimate of drug-likeness (QED) is 0.460. The summed E-state index contributed by atoms with van der Waals surface area (Å²) in [5.74, 6) is 0. The molecule has 0 aliphatic carbocycles. The third-order valence-corrected chi connectivity index (χ3v) is 1.14. The lowest BCUT2D eigenvalue weighted by atomic mass is 10.2. The normalized spacial score (nSPS) is 11.6. The zero-order chi connectivity index (χ0) is 7.82. The average molecular weight is 143 g/mol. The Morgan fingerprint density at radius 2 is 2.10 bits per heavy atom. The van der Waals surface area contributed by atoms with E-state index in [1.165, 1.54) is 0 Å². The fourth-order valence-electron chi connectivity index (χ4n) is 0.633. The van der Waals surface area contributed by atoms with E-state index in [4.69, 9.17) is 5.11 Å². The lowest BCUT2D eigenvalue weighted by Gasteiger charge is -1.94. The van der Waals surface area contributed by atoms with Crippen LogP contribution in [-0.2, 0) is 0 Å². The van der Waals surface area contributed by atoms with E-state index in [2.05, 4.69) is 18.8 Å². The maximum atomic E-state index is 8.43. The molecule has 2 nitrogen and oxygen atoms in total. The highest BCUT2D eigenvalue weighted by molar-refractivity contribution is 5.57. The van der Waals surface area contributed by atoms with Crippen molar-refractivity contribution in [2.75, 3.05) is 6.61 Å². The van der Waals surface area contributed by atoms with Gasteiger partial charge < -0.3 is 5.11 Å². The molecule has 0 aromatic rings. The molecular formula is C8H17NO. The molecule has 0 amide bonds. The highest BCUT2D eigenvalue weighted by Gasteiger charge is 1.84. The Kier molecular flexibility index (Phi) is 6.50. The first kappa shape index (κ1) is 9.63. The van der Waals surface area contributed by atoms with Crippen molar-refractivity contribution < 1.29 is 5.11 Å². The van der Waals surface area contributed by atoms with Crippen LogP contribution in [0.2, 0.25) is 0 Å². The van der Waals surface area contributed by atoms with Crippen molar-refractivity contribution in [3.8, 4) is 0 Å². The van der Waals surface area contributed by atoms with Gasteiger partial charge in [0.15, 0.2) is 0 Å². The molecule has 1 N–H and O–H groups in total. The van der Waals surface area contributed by atoms with Gasteiger partial charge in [-0.3, -0.25) is 4.99 Å². The molecule has 0 heterocycles. The van der Waals surface area contributed by atoms with Crippen molar-refractivity contribution in [3.05, 3.63) is 0 Å². The Hall–Kier alpha value is -0.370. The molecule has 0 saturated heterocycles. The zero-order valence-corrected chi connectivity index (χ0v) is 6.88. The van der Waals surface area contributed by atoms with Crippen molar-refractivity contribution in [2.45, 2.75) is 39.2 Å². The van der Waals surface area contributed by atoms with E-state index in [0.29, 0.717) is 12.6 Å². The fraction of sp³-hybridized carbons (Fsp3) is 0.875. The lowest BCUT2D eigenvalue weighted by molar-refractivity contribution is 0.286. The minimum atomic E-state index is 0.301. The van der Waals surface area contributed by atoms with Gasteiger partial charge in [0.05, 0.1) is 0 Å². The first-order chi connectivity index (χ1) is 4.77. The van der Waals surface area contributed by atoms with Crippen LogP contribution >= 0.6 is 0 Å². The monoisotopic (exact) mass is 143 g/mol. The second-order valence-electron chi connectivity index (χ2n) is 2.64. The van der Waals surface area contributed by atoms with Crippen molar-refractivity contribution in [2.24, 2.45) is 4.99 Å². The zero-order valence-electron chi connectivity index (χ0n) is 6.88. The van der Waals surface area contributed by atoms with E-state index in [1.54, 1.807) is 0 Å². The first-order valence-electron chi connectivity index (χ1n) is 3.90. The summed E-state index contributed by atoms with van der Waals surface area (Å²) in [6, 6.07) is 0.411. The van der Waals surface area contributed by atoms with Gasteiger partial charge in [-0.25, -0.2) is 0 Å². The van der Waals surface area contributed by atoms with E-state index in [1.807, 2.05) is 6.21 Å². The van der Waals surface area contributed by atoms with Crippen LogP contribution in [0.5, 0.6) is 0 Å². The van der Waals surface area contributed by atoms with Crippen LogP contribution in [0.4, 0.5) is 0 Å². The van der Waals surface area contributed by atoms with Crippen molar-refractivity contribution in [3.63, 3.8) is 0 Å². The molecule has 2 heteroatoms. The lowest BCUT2D eigenvalue weighted by Crippen LogP contribution is -1.89. The van der Waals surface area contributed by atoms with Gasteiger partial charge in [-0.05, 0) is 39.3 Å². The van der Waals surface area contributed by atoms with E-state index in [9.17, 15) is 0 Å². The minimum Gasteiger partial charge on any atom is -0.396 e. The summed E-state index contributed by atoms with van der Waals surface area (Å²) in [6.45, 7) is 4.42. The molecule has 0 aliphatic heterocycles. The molecule has 10 heavy (non-hydrogen) atoms. The van der Waals surface area contributed by atoms with Crippen molar-refractivity contribution >= 4 is 6.21 Å². The van der Waals surface area contributed by atoms with Gasteiger partial charge in [-0.2, -0.15) is 0 Å². The predicted octanol–water partition coefficient (Wildman–Crippen LogP) is 1.63. The number of hydrogen-bond acceptors (Lipinski definition) is 2. The Balaban J connectivity index is 3.02. The molecule has 60 valence electrons. The fourth-order valence-corrected chi connectivity index (χ4v) is 0.633. The number of aliphatic imine (C=N–C) groups is 1. The molecule has 0 rings (SSSR count). The second-order valence-corrected chi connectivity index (χ2v) is 2.64. The highest BCUT2D eigenvalue weighted by atomic mass is 16.2. The Bertz CT molecular complexity index is 89.3. The molecule has 0 saturated carbocycles. The van der Waals surface area contributed by atoms with Crippen LogP contribution in [0.1, 0.15) is 33.1 Å². The van der Waals surface area contributed by atoms with Gasteiger partial charge in [0.1, 0.15) is 0 Å². The number of nitrogens with zero attached hydrogens (tertiary/aromatic N) is 1. The first-order valence-corrected chi connectivity index (χ1v) is 3.90. The van der Waals surface area contributed by atoms with Gasteiger partial charge in [-0.15, -0.1) is 0 Å². The molecule has 0 aliphatic rings. The van der Waals surface area contributed by atoms with Crippen LogP contribution in [0.3, 0.4) is 0 Å². The van der Waals surface area contributed by atoms with Gasteiger partial charge in [0.25, 0.3) is 0 Å². The van der Waals surface area contributed by atoms with E-state index in [-0.39, 0.29) is 0 Å². The topological polar surface area (TPSA) is 32.6 Å². The number of aliphatic hydroxyl groups is 1. The smallest absolute Gasteiger partial charge is 0.0439 e. The van der Waals surface area contributed by atoms with Crippen molar-refractivity contribution in [1.82, 2.24) is 0 Å². The third-order valence-electron chi connectivity index (χ3n) is 1.14. The molecule has 0 aromatic carbocycles. The maximum Gasteiger partial charge on any atom is 0.0439 e. The SMILES string of the molecule is CC(C)N=CCCCCO. The molecule has 0 spiro atoms. The second kappa shape index (κ2) is 6.75. The Morgan fingerprint density at radius 1 is 1.40 bits per heavy atom. The summed E-state index contributed by atoms with van der Waals surface area (Å²) in [6.07, 6.45) is 4.88. The number of hydrogen-bond donors (Lipinski definition) is 1. The molecule has 0 aromatic heterocycles. The Labute approximate surface area is 63.0 Å². The van der Waals surface area contributed by atoms with Gasteiger partial charge in [0.2, 0.25) is 0 Å². The van der Waals surface area contributed by atoms with Crippen LogP contribution in [-0.4, -0.2) is 24.0 Å². The molecule has 0 bridgehead atoms. The average Bonchev–Trinajstić information content (AvgIpc) is 1.87. The standard InChI is InChI=1S/C8H17NO/c1-8(2)9-6-4-3-5-7-10/h6,8,10H,3-5,7H2,1-2H3. The minimum absolute atomic E-state index is 0.301. The molecule has 0 fully saturated rings. The van der Waals surface area contributed by atoms with Gasteiger partial charge >= 0.3 is 0 Å². The van der Waals surface area contributed by atoms with Crippen molar-refractivity contribution in [1.29, 1.82) is 0 Å². The summed E-state index contributed by atoms with van der Waals surface area (Å²) in [5.41, 5.74) is 0. The third kappa shape index (κ3) is 7.63. The summed E-state index contributed by atoms with van der Waals surface area (Å²) in [5, 5.41) is 8.43.